The maximum absolute atomic E-state index is 14.1. The molecule has 3 aromatic carbocycles. The number of fused-ring (bicyclic) bond motifs is 3. The number of rotatable bonds is 2. The monoisotopic (exact) mass is 661 g/mol. The Morgan fingerprint density at radius 1 is 1.00 bits per heavy atom. The van der Waals surface area contributed by atoms with Crippen LogP contribution in [0.3, 0.4) is 0 Å². The molecule has 0 bridgehead atoms. The van der Waals surface area contributed by atoms with Gasteiger partial charge in [-0.2, -0.15) is 41.6 Å². The van der Waals surface area contributed by atoms with E-state index in [1.54, 1.807) is 6.07 Å². The number of hydrogen-bond donors (Lipinski definition) is 0. The molecule has 2 aliphatic rings. The van der Waals surface area contributed by atoms with Gasteiger partial charge in [0.05, 0.1) is 11.6 Å². The fraction of sp³-hybridized carbons (Fsp3) is 0.138. The van der Waals surface area contributed by atoms with E-state index >= 15 is 0 Å². The molecule has 4 aromatic rings. The van der Waals surface area contributed by atoms with Gasteiger partial charge < -0.3 is 15.2 Å². The minimum absolute atomic E-state index is 0. The summed E-state index contributed by atoms with van der Waals surface area (Å²) < 4.78 is 40.7. The number of nitrogens with zero attached hydrogens (tertiary/aromatic N) is 3. The first kappa shape index (κ1) is 25.7. The van der Waals surface area contributed by atoms with Gasteiger partial charge in [-0.25, -0.2) is 4.39 Å². The summed E-state index contributed by atoms with van der Waals surface area (Å²) in [5, 5.41) is 4.41. The van der Waals surface area contributed by atoms with E-state index < -0.39 is 17.5 Å². The molecule has 7 heteroatoms. The zero-order chi connectivity index (χ0) is 24.4. The van der Waals surface area contributed by atoms with Gasteiger partial charge in [-0.1, -0.05) is 42.3 Å². The quantitative estimate of drug-likeness (QED) is 0.169. The van der Waals surface area contributed by atoms with Gasteiger partial charge in [0.25, 0.3) is 0 Å². The fourth-order valence-corrected chi connectivity index (χ4v) is 4.37. The van der Waals surface area contributed by atoms with Crippen molar-refractivity contribution < 1.29 is 33.3 Å². The van der Waals surface area contributed by atoms with Crippen molar-refractivity contribution in [3.63, 3.8) is 0 Å². The SMILES string of the molecule is Cc1ccnc(-c2[c-]cc(F)c(F)c2F)c1-c1ccccc1.[Ir+3].[c-]1cccc2c1C1[N-]C=CN1CC2. The molecule has 182 valence electrons. The van der Waals surface area contributed by atoms with Gasteiger partial charge >= 0.3 is 20.1 Å². The summed E-state index contributed by atoms with van der Waals surface area (Å²) in [7, 11) is 0. The molecular formula is C29H21F3IrN3. The van der Waals surface area contributed by atoms with Crippen LogP contribution in [0.25, 0.3) is 27.7 Å². The van der Waals surface area contributed by atoms with E-state index in [9.17, 15) is 13.2 Å². The van der Waals surface area contributed by atoms with Crippen molar-refractivity contribution in [3.05, 3.63) is 131 Å². The molecule has 36 heavy (non-hydrogen) atoms. The van der Waals surface area contributed by atoms with Crippen molar-refractivity contribution in [1.82, 2.24) is 9.88 Å². The molecule has 1 aromatic heterocycles. The zero-order valence-corrected chi connectivity index (χ0v) is 21.7. The normalized spacial score (nSPS) is 15.1. The molecule has 2 aliphatic heterocycles. The number of hydrogen-bond acceptors (Lipinski definition) is 2. The van der Waals surface area contributed by atoms with E-state index in [0.29, 0.717) is 5.56 Å². The van der Waals surface area contributed by atoms with Crippen LogP contribution in [0.15, 0.2) is 79.3 Å². The third-order valence-corrected chi connectivity index (χ3v) is 6.10. The van der Waals surface area contributed by atoms with E-state index in [1.165, 1.54) is 17.3 Å². The van der Waals surface area contributed by atoms with Crippen LogP contribution < -0.4 is 0 Å². The number of pyridine rings is 1. The van der Waals surface area contributed by atoms with E-state index in [4.69, 9.17) is 0 Å². The van der Waals surface area contributed by atoms with Crippen molar-refractivity contribution in [3.8, 4) is 22.4 Å². The van der Waals surface area contributed by atoms with Crippen LogP contribution in [0.4, 0.5) is 13.2 Å². The predicted octanol–water partition coefficient (Wildman–Crippen LogP) is 7.14. The molecule has 0 radical (unpaired) electrons. The first-order chi connectivity index (χ1) is 17.0. The second-order valence-electron chi connectivity index (χ2n) is 8.27. The second-order valence-corrected chi connectivity index (χ2v) is 8.27. The summed E-state index contributed by atoms with van der Waals surface area (Å²) in [6.45, 7) is 2.93. The van der Waals surface area contributed by atoms with Crippen LogP contribution >= 0.6 is 0 Å². The largest absolute Gasteiger partial charge is 3.00 e. The van der Waals surface area contributed by atoms with E-state index in [0.717, 1.165) is 30.2 Å². The zero-order valence-electron chi connectivity index (χ0n) is 19.3. The summed E-state index contributed by atoms with van der Waals surface area (Å²) in [6.07, 6.45) is 6.79. The summed E-state index contributed by atoms with van der Waals surface area (Å²) in [6, 6.07) is 23.7. The van der Waals surface area contributed by atoms with Gasteiger partial charge in [0.15, 0.2) is 0 Å². The standard InChI is InChI=1S/C18H11F3N.C11H10N2.Ir/c1-11-9-10-22-18(15(11)12-5-3-2-4-6-12)13-7-8-14(19)17(21)16(13)20;1-2-4-10-9(3-1)5-7-13-8-6-12-11(10)13;/h2-6,8-10H,1H3;1-3,6,8,11H,5,7H2;/q-1;-2;+3. The summed E-state index contributed by atoms with van der Waals surface area (Å²) in [4.78, 5) is 6.42. The summed E-state index contributed by atoms with van der Waals surface area (Å²) in [5.74, 6) is -4.07. The third kappa shape index (κ3) is 4.95. The number of aromatic nitrogens is 1. The maximum atomic E-state index is 14.1. The average molecular weight is 661 g/mol. The Kier molecular flexibility index (Phi) is 7.92. The summed E-state index contributed by atoms with van der Waals surface area (Å²) in [5.41, 5.74) is 5.05. The topological polar surface area (TPSA) is 30.2 Å². The van der Waals surface area contributed by atoms with Crippen molar-refractivity contribution in [2.45, 2.75) is 19.5 Å². The molecular weight excluding hydrogens is 640 g/mol. The van der Waals surface area contributed by atoms with Gasteiger partial charge in [-0.15, -0.1) is 12.1 Å². The molecule has 0 saturated carbocycles. The molecule has 6 rings (SSSR count). The van der Waals surface area contributed by atoms with E-state index in [2.05, 4.69) is 45.7 Å². The van der Waals surface area contributed by atoms with Crippen molar-refractivity contribution in [2.75, 3.05) is 6.54 Å². The molecule has 0 N–H and O–H groups in total. The van der Waals surface area contributed by atoms with Gasteiger partial charge in [-0.3, -0.25) is 8.78 Å². The van der Waals surface area contributed by atoms with Gasteiger partial charge in [0.2, 0.25) is 0 Å². The fourth-order valence-electron chi connectivity index (χ4n) is 4.37. The van der Waals surface area contributed by atoms with Crippen LogP contribution in [0.5, 0.6) is 0 Å². The van der Waals surface area contributed by atoms with Gasteiger partial charge in [0.1, 0.15) is 5.82 Å². The molecule has 0 amide bonds. The minimum atomic E-state index is -1.52. The Morgan fingerprint density at radius 3 is 2.61 bits per heavy atom. The van der Waals surface area contributed by atoms with Crippen LogP contribution in [-0.2, 0) is 26.5 Å². The molecule has 0 fully saturated rings. The first-order valence-corrected chi connectivity index (χ1v) is 11.2. The third-order valence-electron chi connectivity index (χ3n) is 6.10. The van der Waals surface area contributed by atoms with E-state index in [-0.39, 0.29) is 37.5 Å². The molecule has 0 aliphatic carbocycles. The molecule has 1 unspecified atom stereocenters. The van der Waals surface area contributed by atoms with Crippen LogP contribution in [0.2, 0.25) is 0 Å². The van der Waals surface area contributed by atoms with Crippen molar-refractivity contribution in [1.29, 1.82) is 0 Å². The molecule has 0 saturated heterocycles. The number of benzene rings is 3. The van der Waals surface area contributed by atoms with E-state index in [1.807, 2.05) is 49.5 Å². The second kappa shape index (κ2) is 11.1. The Hall–Kier alpha value is -3.41. The average Bonchev–Trinajstić information content (AvgIpc) is 3.38. The van der Waals surface area contributed by atoms with Crippen LogP contribution in [0.1, 0.15) is 22.9 Å². The molecule has 3 nitrogen and oxygen atoms in total. The minimum Gasteiger partial charge on any atom is -0.668 e. The van der Waals surface area contributed by atoms with Crippen molar-refractivity contribution in [2.24, 2.45) is 0 Å². The predicted molar refractivity (Wildman–Crippen MR) is 129 cm³/mol. The van der Waals surface area contributed by atoms with Crippen LogP contribution in [-0.4, -0.2) is 16.4 Å². The maximum Gasteiger partial charge on any atom is 3.00 e. The Balaban J connectivity index is 0.000000185. The number of aryl methyl sites for hydroxylation is 1. The molecule has 3 heterocycles. The Labute approximate surface area is 222 Å². The smallest absolute Gasteiger partial charge is 0.668 e. The first-order valence-electron chi connectivity index (χ1n) is 11.2. The Morgan fingerprint density at radius 2 is 1.81 bits per heavy atom. The van der Waals surface area contributed by atoms with Gasteiger partial charge in [-0.05, 0) is 47.7 Å². The van der Waals surface area contributed by atoms with Crippen molar-refractivity contribution >= 4 is 0 Å². The number of halogens is 3. The summed E-state index contributed by atoms with van der Waals surface area (Å²) >= 11 is 0. The molecule has 1 atom stereocenters. The van der Waals surface area contributed by atoms with Crippen LogP contribution in [0, 0.1) is 36.5 Å². The Bertz CT molecular complexity index is 1390. The molecule has 0 spiro atoms. The van der Waals surface area contributed by atoms with Gasteiger partial charge in [0, 0.05) is 12.7 Å².